The van der Waals surface area contributed by atoms with Crippen LogP contribution in [-0.2, 0) is 4.79 Å². The minimum Gasteiger partial charge on any atom is -0.325 e. The van der Waals surface area contributed by atoms with Crippen molar-refractivity contribution in [2.24, 2.45) is 0 Å². The second-order valence-electron chi connectivity index (χ2n) is 5.90. The van der Waals surface area contributed by atoms with Gasteiger partial charge in [-0.05, 0) is 55.2 Å². The Balaban J connectivity index is 2.11. The Morgan fingerprint density at radius 3 is 2.35 bits per heavy atom. The van der Waals surface area contributed by atoms with Gasteiger partial charge in [-0.2, -0.15) is 0 Å². The lowest BCUT2D eigenvalue weighted by molar-refractivity contribution is -0.115. The number of halogens is 1. The minimum atomic E-state index is -0.184. The first-order valence-electron chi connectivity index (χ1n) is 7.71. The number of carbonyl (C=O) groups is 1. The van der Waals surface area contributed by atoms with Crippen LogP contribution in [0.5, 0.6) is 0 Å². The summed E-state index contributed by atoms with van der Waals surface area (Å²) in [6.45, 7) is 8.22. The second kappa shape index (κ2) is 7.89. The van der Waals surface area contributed by atoms with E-state index in [1.54, 1.807) is 0 Å². The molecule has 0 heterocycles. The molecule has 0 radical (unpaired) electrons. The average Bonchev–Trinajstić information content (AvgIpc) is 2.51. The third-order valence-electron chi connectivity index (χ3n) is 3.67. The molecule has 2 aromatic carbocycles. The normalized spacial score (nSPS) is 12.3. The molecule has 0 aliphatic rings. The van der Waals surface area contributed by atoms with Gasteiger partial charge in [0.05, 0.1) is 5.25 Å². The van der Waals surface area contributed by atoms with Gasteiger partial charge in [0.1, 0.15) is 0 Å². The average molecular weight is 348 g/mol. The summed E-state index contributed by atoms with van der Waals surface area (Å²) in [5.41, 5.74) is 3.20. The van der Waals surface area contributed by atoms with Gasteiger partial charge in [-0.15, -0.1) is 11.8 Å². The van der Waals surface area contributed by atoms with Gasteiger partial charge in [-0.1, -0.05) is 43.6 Å². The monoisotopic (exact) mass is 347 g/mol. The zero-order valence-corrected chi connectivity index (χ0v) is 15.5. The van der Waals surface area contributed by atoms with Crippen molar-refractivity contribution < 1.29 is 4.79 Å². The highest BCUT2D eigenvalue weighted by Gasteiger charge is 2.18. The molecule has 1 atom stereocenters. The van der Waals surface area contributed by atoms with E-state index in [0.29, 0.717) is 10.9 Å². The molecule has 2 rings (SSSR count). The molecule has 1 N–H and O–H groups in total. The van der Waals surface area contributed by atoms with Crippen molar-refractivity contribution in [2.45, 2.75) is 43.8 Å². The Hall–Kier alpha value is -1.45. The first-order chi connectivity index (χ1) is 10.9. The van der Waals surface area contributed by atoms with Crippen molar-refractivity contribution in [3.8, 4) is 0 Å². The van der Waals surface area contributed by atoms with E-state index in [0.717, 1.165) is 16.1 Å². The van der Waals surface area contributed by atoms with Crippen LogP contribution in [-0.4, -0.2) is 11.2 Å². The summed E-state index contributed by atoms with van der Waals surface area (Å²) in [4.78, 5) is 13.6. The molecule has 0 saturated heterocycles. The SMILES string of the molecule is Cc1cccc(C(C)C)c1NC(=O)C(C)Sc1ccc(Cl)cc1. The molecule has 4 heteroatoms. The van der Waals surface area contributed by atoms with E-state index in [1.807, 2.05) is 50.2 Å². The molecule has 23 heavy (non-hydrogen) atoms. The molecule has 1 amide bonds. The molecule has 0 aromatic heterocycles. The number of aryl methyl sites for hydroxylation is 1. The Labute approximate surface area is 147 Å². The van der Waals surface area contributed by atoms with E-state index < -0.39 is 0 Å². The molecule has 0 saturated carbocycles. The maximum Gasteiger partial charge on any atom is 0.237 e. The highest BCUT2D eigenvalue weighted by molar-refractivity contribution is 8.00. The molecule has 2 nitrogen and oxygen atoms in total. The maximum atomic E-state index is 12.6. The molecule has 0 fully saturated rings. The largest absolute Gasteiger partial charge is 0.325 e. The fourth-order valence-electron chi connectivity index (χ4n) is 2.34. The van der Waals surface area contributed by atoms with Crippen LogP contribution in [0.2, 0.25) is 5.02 Å². The first-order valence-corrected chi connectivity index (χ1v) is 8.97. The van der Waals surface area contributed by atoms with Gasteiger partial charge in [0.2, 0.25) is 5.91 Å². The predicted molar refractivity (Wildman–Crippen MR) is 101 cm³/mol. The summed E-state index contributed by atoms with van der Waals surface area (Å²) in [7, 11) is 0. The molecule has 0 aliphatic heterocycles. The fourth-order valence-corrected chi connectivity index (χ4v) is 3.33. The van der Waals surface area contributed by atoms with Crippen LogP contribution in [0.3, 0.4) is 0 Å². The summed E-state index contributed by atoms with van der Waals surface area (Å²) in [5, 5.41) is 3.62. The number of nitrogens with one attached hydrogen (secondary N) is 1. The summed E-state index contributed by atoms with van der Waals surface area (Å²) in [6, 6.07) is 13.7. The van der Waals surface area contributed by atoms with Crippen LogP contribution in [0.15, 0.2) is 47.4 Å². The summed E-state index contributed by atoms with van der Waals surface area (Å²) in [6.07, 6.45) is 0. The van der Waals surface area contributed by atoms with Crippen LogP contribution < -0.4 is 5.32 Å². The van der Waals surface area contributed by atoms with E-state index >= 15 is 0 Å². The lowest BCUT2D eigenvalue weighted by atomic mass is 9.98. The number of anilines is 1. The van der Waals surface area contributed by atoms with Crippen molar-refractivity contribution in [3.63, 3.8) is 0 Å². The number of para-hydroxylation sites is 1. The third-order valence-corrected chi connectivity index (χ3v) is 5.03. The van der Waals surface area contributed by atoms with E-state index in [-0.39, 0.29) is 11.2 Å². The van der Waals surface area contributed by atoms with Gasteiger partial charge >= 0.3 is 0 Å². The molecular weight excluding hydrogens is 326 g/mol. The fraction of sp³-hybridized carbons (Fsp3) is 0.316. The van der Waals surface area contributed by atoms with Crippen molar-refractivity contribution in [1.29, 1.82) is 0 Å². The van der Waals surface area contributed by atoms with Gasteiger partial charge < -0.3 is 5.32 Å². The Morgan fingerprint density at radius 1 is 1.09 bits per heavy atom. The molecule has 0 spiro atoms. The smallest absolute Gasteiger partial charge is 0.237 e. The van der Waals surface area contributed by atoms with E-state index in [2.05, 4.69) is 25.2 Å². The third kappa shape index (κ3) is 4.76. The van der Waals surface area contributed by atoms with E-state index in [1.165, 1.54) is 17.3 Å². The van der Waals surface area contributed by atoms with Gasteiger partial charge in [-0.25, -0.2) is 0 Å². The number of carbonyl (C=O) groups excluding carboxylic acids is 1. The van der Waals surface area contributed by atoms with Crippen molar-refractivity contribution in [3.05, 3.63) is 58.6 Å². The van der Waals surface area contributed by atoms with E-state index in [9.17, 15) is 4.79 Å². The zero-order chi connectivity index (χ0) is 17.0. The molecular formula is C19H22ClNOS. The number of thioether (sulfide) groups is 1. The summed E-state index contributed by atoms with van der Waals surface area (Å²) in [5.74, 6) is 0.380. The molecule has 0 aliphatic carbocycles. The van der Waals surface area contributed by atoms with Crippen molar-refractivity contribution in [1.82, 2.24) is 0 Å². The Kier molecular flexibility index (Phi) is 6.14. The highest BCUT2D eigenvalue weighted by Crippen LogP contribution is 2.30. The molecule has 122 valence electrons. The lowest BCUT2D eigenvalue weighted by Crippen LogP contribution is -2.23. The standard InChI is InChI=1S/C19H22ClNOS/c1-12(2)17-7-5-6-13(3)18(17)21-19(22)14(4)23-16-10-8-15(20)9-11-16/h5-12,14H,1-4H3,(H,21,22). The van der Waals surface area contributed by atoms with Crippen LogP contribution in [0.1, 0.15) is 37.8 Å². The highest BCUT2D eigenvalue weighted by atomic mass is 35.5. The van der Waals surface area contributed by atoms with Crippen molar-refractivity contribution >= 4 is 35.0 Å². The molecule has 1 unspecified atom stereocenters. The maximum absolute atomic E-state index is 12.6. The van der Waals surface area contributed by atoms with Crippen molar-refractivity contribution in [2.75, 3.05) is 5.32 Å². The van der Waals surface area contributed by atoms with Crippen LogP contribution in [0, 0.1) is 6.92 Å². The van der Waals surface area contributed by atoms with Gasteiger partial charge in [-0.3, -0.25) is 4.79 Å². The predicted octanol–water partition coefficient (Wildman–Crippen LogP) is 5.89. The Morgan fingerprint density at radius 2 is 1.74 bits per heavy atom. The number of rotatable bonds is 5. The van der Waals surface area contributed by atoms with E-state index in [4.69, 9.17) is 11.6 Å². The van der Waals surface area contributed by atoms with Crippen LogP contribution >= 0.6 is 23.4 Å². The summed E-state index contributed by atoms with van der Waals surface area (Å²) < 4.78 is 0. The van der Waals surface area contributed by atoms with Gasteiger partial charge in [0.25, 0.3) is 0 Å². The molecule has 2 aromatic rings. The quantitative estimate of drug-likeness (QED) is 0.683. The topological polar surface area (TPSA) is 29.1 Å². The van der Waals surface area contributed by atoms with Crippen LogP contribution in [0.25, 0.3) is 0 Å². The van der Waals surface area contributed by atoms with Crippen LogP contribution in [0.4, 0.5) is 5.69 Å². The van der Waals surface area contributed by atoms with Gasteiger partial charge in [0.15, 0.2) is 0 Å². The first kappa shape index (κ1) is 17.9. The second-order valence-corrected chi connectivity index (χ2v) is 7.75. The number of amides is 1. The lowest BCUT2D eigenvalue weighted by Gasteiger charge is -2.18. The number of hydrogen-bond donors (Lipinski definition) is 1. The minimum absolute atomic E-state index is 0.0150. The number of benzene rings is 2. The summed E-state index contributed by atoms with van der Waals surface area (Å²) >= 11 is 7.42. The molecule has 0 bridgehead atoms. The number of hydrogen-bond acceptors (Lipinski definition) is 2. The zero-order valence-electron chi connectivity index (χ0n) is 13.9. The Bertz CT molecular complexity index is 682. The van der Waals surface area contributed by atoms with Gasteiger partial charge in [0, 0.05) is 15.6 Å².